The summed E-state index contributed by atoms with van der Waals surface area (Å²) < 4.78 is 24.7. The Hall–Kier alpha value is -1.82. The van der Waals surface area contributed by atoms with Crippen LogP contribution in [0.15, 0.2) is 35.5 Å². The number of anilines is 1. The van der Waals surface area contributed by atoms with Crippen molar-refractivity contribution in [3.05, 3.63) is 46.6 Å². The first kappa shape index (κ1) is 16.5. The molecule has 0 radical (unpaired) electrons. The Balaban J connectivity index is 2.18. The smallest absolute Gasteiger partial charge is 0.230 e. The van der Waals surface area contributed by atoms with E-state index in [1.807, 2.05) is 12.1 Å². The Morgan fingerprint density at radius 2 is 2.09 bits per heavy atom. The lowest BCUT2D eigenvalue weighted by atomic mass is 10.1. The van der Waals surface area contributed by atoms with Gasteiger partial charge in [0, 0.05) is 11.8 Å². The summed E-state index contributed by atoms with van der Waals surface area (Å²) in [4.78, 5) is 8.12. The average Bonchev–Trinajstić information content (AvgIpc) is 2.43. The van der Waals surface area contributed by atoms with E-state index in [0.29, 0.717) is 16.5 Å². The zero-order valence-corrected chi connectivity index (χ0v) is 13.8. The quantitative estimate of drug-likeness (QED) is 0.503. The Morgan fingerprint density at radius 3 is 2.77 bits per heavy atom. The summed E-state index contributed by atoms with van der Waals surface area (Å²) in [5.41, 5.74) is 1.42. The molecule has 22 heavy (non-hydrogen) atoms. The van der Waals surface area contributed by atoms with Crippen molar-refractivity contribution < 1.29 is 8.42 Å². The maximum Gasteiger partial charge on any atom is 0.230 e. The van der Waals surface area contributed by atoms with Crippen LogP contribution in [0.2, 0.25) is 5.15 Å². The molecule has 0 aliphatic carbocycles. The van der Waals surface area contributed by atoms with E-state index in [1.54, 1.807) is 12.1 Å². The van der Waals surface area contributed by atoms with Crippen LogP contribution in [0.5, 0.6) is 0 Å². The van der Waals surface area contributed by atoms with Crippen molar-refractivity contribution in [1.29, 1.82) is 5.26 Å². The molecule has 1 heterocycles. The van der Waals surface area contributed by atoms with Gasteiger partial charge in [0.1, 0.15) is 11.0 Å². The molecule has 1 aromatic carbocycles. The van der Waals surface area contributed by atoms with E-state index < -0.39 is 10.0 Å². The number of aromatic nitrogens is 2. The first-order chi connectivity index (χ1) is 10.4. The number of nitrogens with zero attached hydrogens (tertiary/aromatic N) is 3. The number of sulfonamides is 1. The molecule has 2 rings (SSSR count). The van der Waals surface area contributed by atoms with E-state index >= 15 is 0 Å². The van der Waals surface area contributed by atoms with E-state index in [4.69, 9.17) is 16.9 Å². The zero-order chi connectivity index (χ0) is 16.2. The number of rotatable bonds is 5. The maximum absolute atomic E-state index is 11.2. The first-order valence-electron chi connectivity index (χ1n) is 6.00. The van der Waals surface area contributed by atoms with E-state index in [2.05, 4.69) is 20.8 Å². The highest BCUT2D eigenvalue weighted by molar-refractivity contribution is 7.98. The summed E-state index contributed by atoms with van der Waals surface area (Å²) in [6.45, 7) is 0. The third-order valence-corrected chi connectivity index (χ3v) is 4.13. The largest absolute Gasteiger partial charge is 0.267 e. The molecule has 0 unspecified atom stereocenters. The van der Waals surface area contributed by atoms with Crippen LogP contribution < -0.4 is 4.72 Å². The van der Waals surface area contributed by atoms with Gasteiger partial charge < -0.3 is 0 Å². The first-order valence-corrected chi connectivity index (χ1v) is 9.26. The van der Waals surface area contributed by atoms with Gasteiger partial charge in [0.15, 0.2) is 5.16 Å². The van der Waals surface area contributed by atoms with Crippen molar-refractivity contribution in [3.63, 3.8) is 0 Å². The average molecular weight is 355 g/mol. The lowest BCUT2D eigenvalue weighted by Gasteiger charge is -2.06. The second-order valence-corrected chi connectivity index (χ2v) is 7.37. The summed E-state index contributed by atoms with van der Waals surface area (Å²) in [6, 6.07) is 10.6. The Bertz CT molecular complexity index is 834. The predicted molar refractivity (Wildman–Crippen MR) is 86.2 cm³/mol. The van der Waals surface area contributed by atoms with Gasteiger partial charge in [-0.05, 0) is 11.6 Å². The van der Waals surface area contributed by atoms with E-state index in [9.17, 15) is 8.42 Å². The summed E-state index contributed by atoms with van der Waals surface area (Å²) in [7, 11) is -3.44. The monoisotopic (exact) mass is 354 g/mol. The van der Waals surface area contributed by atoms with Gasteiger partial charge in [-0.1, -0.05) is 41.6 Å². The standard InChI is InChI=1S/C13H11ClN4O2S2/c1-22(19,20)18-12-6-11(14)16-13(17-12)21-8-10-5-3-2-4-9(10)7-15/h2-6H,8H2,1H3,(H,16,17,18). The fourth-order valence-electron chi connectivity index (χ4n) is 1.60. The van der Waals surface area contributed by atoms with E-state index in [0.717, 1.165) is 11.8 Å². The SMILES string of the molecule is CS(=O)(=O)Nc1cc(Cl)nc(SCc2ccccc2C#N)n1. The molecule has 1 N–H and O–H groups in total. The molecule has 9 heteroatoms. The number of halogens is 1. The summed E-state index contributed by atoms with van der Waals surface area (Å²) in [5.74, 6) is 0.584. The lowest BCUT2D eigenvalue weighted by Crippen LogP contribution is -2.11. The van der Waals surface area contributed by atoms with Crippen LogP contribution in [0.4, 0.5) is 5.82 Å². The highest BCUT2D eigenvalue weighted by Gasteiger charge is 2.09. The molecule has 0 saturated carbocycles. The molecule has 0 amide bonds. The molecule has 6 nitrogen and oxygen atoms in total. The molecule has 1 aromatic heterocycles. The van der Waals surface area contributed by atoms with Gasteiger partial charge in [-0.15, -0.1) is 0 Å². The van der Waals surface area contributed by atoms with Gasteiger partial charge in [-0.25, -0.2) is 18.4 Å². The highest BCUT2D eigenvalue weighted by Crippen LogP contribution is 2.24. The predicted octanol–water partition coefficient (Wildman–Crippen LogP) is 2.67. The number of thioether (sulfide) groups is 1. The van der Waals surface area contributed by atoms with E-state index in [1.165, 1.54) is 17.8 Å². The van der Waals surface area contributed by atoms with Crippen molar-refractivity contribution in [2.24, 2.45) is 0 Å². The second kappa shape index (κ2) is 6.96. The van der Waals surface area contributed by atoms with Gasteiger partial charge in [-0.2, -0.15) is 5.26 Å². The highest BCUT2D eigenvalue weighted by atomic mass is 35.5. The Labute approximate surface area is 137 Å². The topological polar surface area (TPSA) is 95.7 Å². The number of hydrogen-bond donors (Lipinski definition) is 1. The van der Waals surface area contributed by atoms with Crippen LogP contribution in [0.3, 0.4) is 0 Å². The Kier molecular flexibility index (Phi) is 5.24. The zero-order valence-electron chi connectivity index (χ0n) is 11.4. The number of nitrogens with one attached hydrogen (secondary N) is 1. The summed E-state index contributed by atoms with van der Waals surface area (Å²) >= 11 is 7.13. The number of hydrogen-bond acceptors (Lipinski definition) is 6. The van der Waals surface area contributed by atoms with Crippen LogP contribution >= 0.6 is 23.4 Å². The summed E-state index contributed by atoms with van der Waals surface area (Å²) in [6.07, 6.45) is 1.03. The van der Waals surface area contributed by atoms with Crippen LogP contribution in [0.1, 0.15) is 11.1 Å². The van der Waals surface area contributed by atoms with E-state index in [-0.39, 0.29) is 11.0 Å². The second-order valence-electron chi connectivity index (χ2n) is 4.29. The number of nitriles is 1. The van der Waals surface area contributed by atoms with Crippen molar-refractivity contribution >= 4 is 39.2 Å². The molecule has 0 fully saturated rings. The van der Waals surface area contributed by atoms with Gasteiger partial charge in [-0.3, -0.25) is 4.72 Å². The fourth-order valence-corrected chi connectivity index (χ4v) is 3.18. The third kappa shape index (κ3) is 4.87. The van der Waals surface area contributed by atoms with Gasteiger partial charge in [0.2, 0.25) is 10.0 Å². The van der Waals surface area contributed by atoms with Crippen LogP contribution in [-0.2, 0) is 15.8 Å². The molecular formula is C13H11ClN4O2S2. The molecule has 0 aliphatic rings. The maximum atomic E-state index is 11.2. The minimum Gasteiger partial charge on any atom is -0.267 e. The third-order valence-electron chi connectivity index (χ3n) is 2.46. The van der Waals surface area contributed by atoms with Crippen molar-refractivity contribution in [1.82, 2.24) is 9.97 Å². The van der Waals surface area contributed by atoms with Crippen molar-refractivity contribution in [3.8, 4) is 6.07 Å². The van der Waals surface area contributed by atoms with Gasteiger partial charge >= 0.3 is 0 Å². The van der Waals surface area contributed by atoms with Crippen molar-refractivity contribution in [2.75, 3.05) is 11.0 Å². The lowest BCUT2D eigenvalue weighted by molar-refractivity contribution is 0.606. The van der Waals surface area contributed by atoms with Gasteiger partial charge in [0.25, 0.3) is 0 Å². The normalized spacial score (nSPS) is 11.0. The minimum absolute atomic E-state index is 0.110. The molecule has 0 atom stereocenters. The van der Waals surface area contributed by atoms with Crippen molar-refractivity contribution in [2.45, 2.75) is 10.9 Å². The molecule has 114 valence electrons. The fraction of sp³-hybridized carbons (Fsp3) is 0.154. The van der Waals surface area contributed by atoms with Crippen LogP contribution in [0, 0.1) is 11.3 Å². The molecule has 2 aromatic rings. The molecular weight excluding hydrogens is 344 g/mol. The van der Waals surface area contributed by atoms with Crippen LogP contribution in [0.25, 0.3) is 0 Å². The molecule has 0 aliphatic heterocycles. The minimum atomic E-state index is -3.44. The molecule has 0 spiro atoms. The molecule has 0 saturated heterocycles. The van der Waals surface area contributed by atoms with Gasteiger partial charge in [0.05, 0.1) is 17.9 Å². The summed E-state index contributed by atoms with van der Waals surface area (Å²) in [5, 5.41) is 9.50. The van der Waals surface area contributed by atoms with Crippen LogP contribution in [-0.4, -0.2) is 24.6 Å². The number of benzene rings is 1. The Morgan fingerprint density at radius 1 is 1.36 bits per heavy atom. The molecule has 0 bridgehead atoms.